The Morgan fingerprint density at radius 3 is 2.54 bits per heavy atom. The van der Waals surface area contributed by atoms with Crippen molar-refractivity contribution in [3.8, 4) is 0 Å². The third-order valence-corrected chi connectivity index (χ3v) is 5.76. The lowest BCUT2D eigenvalue weighted by Gasteiger charge is -2.19. The van der Waals surface area contributed by atoms with E-state index in [1.54, 1.807) is 12.1 Å². The molecule has 1 atom stereocenters. The summed E-state index contributed by atoms with van der Waals surface area (Å²) < 4.78 is 4.96. The number of likely N-dealkylation sites (N-methyl/N-ethyl adjacent to an activating group) is 1. The van der Waals surface area contributed by atoms with E-state index in [2.05, 4.69) is 12.4 Å². The zero-order chi connectivity index (χ0) is 18.8. The maximum absolute atomic E-state index is 12.7. The van der Waals surface area contributed by atoms with E-state index in [-0.39, 0.29) is 11.9 Å². The van der Waals surface area contributed by atoms with Gasteiger partial charge in [-0.15, -0.1) is 11.3 Å². The highest BCUT2D eigenvalue weighted by Crippen LogP contribution is 2.35. The number of hydrogen-bond donors (Lipinski definition) is 2. The van der Waals surface area contributed by atoms with Gasteiger partial charge < -0.3 is 19.9 Å². The fourth-order valence-electron chi connectivity index (χ4n) is 3.11. The predicted molar refractivity (Wildman–Crippen MR) is 104 cm³/mol. The summed E-state index contributed by atoms with van der Waals surface area (Å²) in [7, 11) is 7.41. The van der Waals surface area contributed by atoms with Gasteiger partial charge in [0.1, 0.15) is 11.5 Å². The second kappa shape index (κ2) is 7.47. The van der Waals surface area contributed by atoms with Crippen LogP contribution in [0.4, 0.5) is 10.7 Å². The maximum Gasteiger partial charge on any atom is 0.341 e. The molecule has 0 radical (unpaired) electrons. The van der Waals surface area contributed by atoms with E-state index in [9.17, 15) is 9.59 Å². The highest BCUT2D eigenvalue weighted by Gasteiger charge is 2.30. The number of amides is 1. The van der Waals surface area contributed by atoms with Crippen LogP contribution in [-0.2, 0) is 17.7 Å². The van der Waals surface area contributed by atoms with Crippen molar-refractivity contribution >= 4 is 33.9 Å². The van der Waals surface area contributed by atoms with Crippen LogP contribution in [0.3, 0.4) is 0 Å². The van der Waals surface area contributed by atoms with Crippen molar-refractivity contribution in [3.05, 3.63) is 45.8 Å². The summed E-state index contributed by atoms with van der Waals surface area (Å²) >= 11 is 1.48. The van der Waals surface area contributed by atoms with E-state index < -0.39 is 0 Å². The molecule has 1 aromatic heterocycles. The Kier molecular flexibility index (Phi) is 5.29. The van der Waals surface area contributed by atoms with Crippen LogP contribution >= 0.6 is 11.3 Å². The smallest absolute Gasteiger partial charge is 0.341 e. The summed E-state index contributed by atoms with van der Waals surface area (Å²) in [5.74, 6) is -0.611. The molecule has 0 saturated carbocycles. The first kappa shape index (κ1) is 18.4. The van der Waals surface area contributed by atoms with Crippen molar-refractivity contribution in [2.75, 3.05) is 45.0 Å². The van der Waals surface area contributed by atoms with E-state index >= 15 is 0 Å². The highest BCUT2D eigenvalue weighted by atomic mass is 32.1. The van der Waals surface area contributed by atoms with E-state index in [1.807, 2.05) is 31.1 Å². The van der Waals surface area contributed by atoms with E-state index in [1.165, 1.54) is 23.3 Å². The topological polar surface area (TPSA) is 63.1 Å². The molecular weight excluding hydrogens is 350 g/mol. The van der Waals surface area contributed by atoms with Crippen LogP contribution < -0.4 is 15.1 Å². The summed E-state index contributed by atoms with van der Waals surface area (Å²) in [6.45, 7) is 1.82. The Morgan fingerprint density at radius 2 is 1.92 bits per heavy atom. The first-order chi connectivity index (χ1) is 12.4. The van der Waals surface area contributed by atoms with E-state index in [0.29, 0.717) is 16.1 Å². The van der Waals surface area contributed by atoms with Crippen LogP contribution in [-0.4, -0.2) is 46.7 Å². The molecule has 138 valence electrons. The molecule has 1 unspecified atom stereocenters. The van der Waals surface area contributed by atoms with E-state index in [4.69, 9.17) is 4.74 Å². The van der Waals surface area contributed by atoms with Gasteiger partial charge in [0.05, 0.1) is 31.1 Å². The normalized spacial score (nSPS) is 15.9. The molecule has 0 bridgehead atoms. The number of methoxy groups -OCH3 is 1. The fraction of sp³-hybridized carbons (Fsp3) is 0.368. The highest BCUT2D eigenvalue weighted by molar-refractivity contribution is 7.17. The number of nitrogens with zero attached hydrogens (tertiary/aromatic N) is 1. The average molecular weight is 374 g/mol. The van der Waals surface area contributed by atoms with Crippen LogP contribution in [0, 0.1) is 0 Å². The van der Waals surface area contributed by atoms with Crippen molar-refractivity contribution in [1.82, 2.24) is 0 Å². The van der Waals surface area contributed by atoms with E-state index in [0.717, 1.165) is 35.6 Å². The molecule has 2 aromatic rings. The fourth-order valence-corrected chi connectivity index (χ4v) is 4.46. The first-order valence-corrected chi connectivity index (χ1v) is 9.35. The number of thiophene rings is 1. The van der Waals surface area contributed by atoms with Crippen molar-refractivity contribution < 1.29 is 19.2 Å². The molecule has 2 heterocycles. The maximum atomic E-state index is 12.7. The van der Waals surface area contributed by atoms with Crippen LogP contribution in [0.1, 0.15) is 31.2 Å². The van der Waals surface area contributed by atoms with Gasteiger partial charge in [-0.05, 0) is 29.8 Å². The predicted octanol–water partition coefficient (Wildman–Crippen LogP) is 1.42. The quantitative estimate of drug-likeness (QED) is 0.795. The molecule has 6 nitrogen and oxygen atoms in total. The lowest BCUT2D eigenvalue weighted by molar-refractivity contribution is -0.895. The van der Waals surface area contributed by atoms with Crippen molar-refractivity contribution in [3.63, 3.8) is 0 Å². The molecule has 1 aliphatic heterocycles. The molecule has 0 fully saturated rings. The number of rotatable bonds is 4. The number of quaternary nitrogens is 1. The molecule has 0 spiro atoms. The minimum Gasteiger partial charge on any atom is -0.465 e. The molecule has 0 aliphatic carbocycles. The molecule has 7 heteroatoms. The molecule has 1 amide bonds. The third-order valence-electron chi connectivity index (χ3n) is 4.62. The zero-order valence-corrected chi connectivity index (χ0v) is 16.3. The van der Waals surface area contributed by atoms with Crippen LogP contribution in [0.25, 0.3) is 0 Å². The number of benzene rings is 1. The number of carbonyl (C=O) groups is 2. The largest absolute Gasteiger partial charge is 0.465 e. The molecular formula is C19H24N3O3S+. The summed E-state index contributed by atoms with van der Waals surface area (Å²) in [4.78, 5) is 29.5. The van der Waals surface area contributed by atoms with Crippen molar-refractivity contribution in [2.45, 2.75) is 13.0 Å². The average Bonchev–Trinajstić information content (AvgIpc) is 2.97. The lowest BCUT2D eigenvalue weighted by Crippen LogP contribution is -3.08. The van der Waals surface area contributed by atoms with Crippen LogP contribution in [0.5, 0.6) is 0 Å². The van der Waals surface area contributed by atoms with Gasteiger partial charge in [-0.3, -0.25) is 4.79 Å². The van der Waals surface area contributed by atoms with Gasteiger partial charge in [0.25, 0.3) is 5.91 Å². The van der Waals surface area contributed by atoms with Crippen molar-refractivity contribution in [2.24, 2.45) is 0 Å². The number of hydrogen-bond acceptors (Lipinski definition) is 5. The Hall–Kier alpha value is -2.38. The van der Waals surface area contributed by atoms with Gasteiger partial charge in [0.2, 0.25) is 0 Å². The van der Waals surface area contributed by atoms with Gasteiger partial charge in [-0.1, -0.05) is 0 Å². The zero-order valence-electron chi connectivity index (χ0n) is 15.5. The number of carbonyl (C=O) groups excluding carboxylic acids is 2. The van der Waals surface area contributed by atoms with Crippen molar-refractivity contribution in [1.29, 1.82) is 0 Å². The Labute approximate surface area is 157 Å². The number of ether oxygens (including phenoxy) is 1. The summed E-state index contributed by atoms with van der Waals surface area (Å²) in [6, 6.07) is 7.36. The molecule has 26 heavy (non-hydrogen) atoms. The Balaban J connectivity index is 1.89. The van der Waals surface area contributed by atoms with Gasteiger partial charge in [0.15, 0.2) is 0 Å². The SMILES string of the molecule is COC(=O)c1c(NC(=O)c2ccc(N(C)C)cc2)sc2c1CC[NH+](C)C2. The number of nitrogens with one attached hydrogen (secondary N) is 2. The van der Waals surface area contributed by atoms with Crippen LogP contribution in [0.2, 0.25) is 0 Å². The number of anilines is 2. The Morgan fingerprint density at radius 1 is 1.23 bits per heavy atom. The van der Waals surface area contributed by atoms with Gasteiger partial charge in [-0.2, -0.15) is 0 Å². The Bertz CT molecular complexity index is 827. The lowest BCUT2D eigenvalue weighted by atomic mass is 10.0. The minimum absolute atomic E-state index is 0.222. The molecule has 0 saturated heterocycles. The summed E-state index contributed by atoms with van der Waals surface area (Å²) in [5.41, 5.74) is 3.11. The summed E-state index contributed by atoms with van der Waals surface area (Å²) in [5, 5.41) is 3.50. The van der Waals surface area contributed by atoms with Gasteiger partial charge >= 0.3 is 5.97 Å². The molecule has 2 N–H and O–H groups in total. The standard InChI is InChI=1S/C19H23N3O3S/c1-21(2)13-7-5-12(6-8-13)17(23)20-18-16(19(24)25-4)14-9-10-22(3)11-15(14)26-18/h5-8H,9-11H2,1-4H3,(H,20,23)/p+1. The van der Waals surface area contributed by atoms with Gasteiger partial charge in [0, 0.05) is 31.8 Å². The van der Waals surface area contributed by atoms with Crippen LogP contribution in [0.15, 0.2) is 24.3 Å². The number of fused-ring (bicyclic) bond motifs is 1. The monoisotopic (exact) mass is 374 g/mol. The third kappa shape index (κ3) is 3.59. The number of esters is 1. The second-order valence-corrected chi connectivity index (χ2v) is 7.83. The summed E-state index contributed by atoms with van der Waals surface area (Å²) in [6.07, 6.45) is 0.815. The van der Waals surface area contributed by atoms with Gasteiger partial charge in [-0.25, -0.2) is 4.79 Å². The molecule has 1 aliphatic rings. The first-order valence-electron chi connectivity index (χ1n) is 8.53. The molecule has 3 rings (SSSR count). The second-order valence-electron chi connectivity index (χ2n) is 6.73. The molecule has 1 aromatic carbocycles. The minimum atomic E-state index is -0.389.